The van der Waals surface area contributed by atoms with Gasteiger partial charge in [-0.05, 0) is 31.7 Å². The maximum absolute atomic E-state index is 15.3. The molecule has 2 aliphatic heterocycles. The van der Waals surface area contributed by atoms with Crippen molar-refractivity contribution < 1.29 is 9.13 Å². The number of hydrogen-bond acceptors (Lipinski definition) is 8. The largest absolute Gasteiger partial charge is 0.421 e. The van der Waals surface area contributed by atoms with Gasteiger partial charge in [-0.25, -0.2) is 19.8 Å². The molecular formula is C22H23FN8O. The van der Waals surface area contributed by atoms with E-state index in [4.69, 9.17) is 9.72 Å². The number of anilines is 2. The van der Waals surface area contributed by atoms with Gasteiger partial charge < -0.3 is 15.0 Å². The number of aromatic nitrogens is 5. The molecule has 0 saturated carbocycles. The highest BCUT2D eigenvalue weighted by Gasteiger charge is 2.37. The average Bonchev–Trinajstić information content (AvgIpc) is 3.09. The molecule has 1 unspecified atom stereocenters. The molecule has 0 spiro atoms. The van der Waals surface area contributed by atoms with Crippen molar-refractivity contribution in [1.82, 2.24) is 30.3 Å². The molecule has 10 heteroatoms. The lowest BCUT2D eigenvalue weighted by Gasteiger charge is -2.40. The Morgan fingerprint density at radius 2 is 2.03 bits per heavy atom. The average molecular weight is 434 g/mol. The molecule has 3 aromatic heterocycles. The first-order valence-corrected chi connectivity index (χ1v) is 10.7. The first-order chi connectivity index (χ1) is 15.5. The Balaban J connectivity index is 1.62. The number of halogens is 1. The van der Waals surface area contributed by atoms with Crippen LogP contribution in [0.5, 0.6) is 11.8 Å². The van der Waals surface area contributed by atoms with Crippen molar-refractivity contribution in [3.05, 3.63) is 35.7 Å². The maximum Gasteiger partial charge on any atom is 0.326 e. The smallest absolute Gasteiger partial charge is 0.326 e. The van der Waals surface area contributed by atoms with Crippen LogP contribution in [-0.4, -0.2) is 44.6 Å². The van der Waals surface area contributed by atoms with Gasteiger partial charge in [0.25, 0.3) is 0 Å². The Bertz CT molecular complexity index is 1350. The number of hydrogen-bond donors (Lipinski definition) is 3. The summed E-state index contributed by atoms with van der Waals surface area (Å²) in [6.45, 7) is 4.83. The van der Waals surface area contributed by atoms with E-state index in [0.29, 0.717) is 46.6 Å². The second kappa shape index (κ2) is 6.99. The molecular weight excluding hydrogens is 411 g/mol. The molecule has 164 valence electrons. The van der Waals surface area contributed by atoms with E-state index in [0.717, 1.165) is 29.3 Å². The van der Waals surface area contributed by atoms with E-state index < -0.39 is 0 Å². The lowest BCUT2D eigenvalue weighted by Crippen LogP contribution is -2.55. The number of nitrogens with zero attached hydrogens (tertiary/aromatic N) is 5. The quantitative estimate of drug-likeness (QED) is 0.450. The van der Waals surface area contributed by atoms with Crippen LogP contribution in [-0.2, 0) is 6.42 Å². The van der Waals surface area contributed by atoms with Gasteiger partial charge in [0.1, 0.15) is 17.3 Å². The van der Waals surface area contributed by atoms with E-state index in [-0.39, 0.29) is 17.9 Å². The third-order valence-corrected chi connectivity index (χ3v) is 6.49. The molecule has 9 nitrogen and oxygen atoms in total. The lowest BCUT2D eigenvalue weighted by atomic mass is 9.90. The van der Waals surface area contributed by atoms with E-state index in [1.807, 2.05) is 6.92 Å². The normalized spacial score (nSPS) is 19.9. The first-order valence-electron chi connectivity index (χ1n) is 10.7. The topological polar surface area (TPSA) is 104 Å². The van der Waals surface area contributed by atoms with Crippen LogP contribution in [0, 0.1) is 18.7 Å². The zero-order chi connectivity index (χ0) is 22.0. The van der Waals surface area contributed by atoms with Gasteiger partial charge in [-0.15, -0.1) is 0 Å². The van der Waals surface area contributed by atoms with Crippen molar-refractivity contribution in [1.29, 1.82) is 0 Å². The first kappa shape index (κ1) is 19.2. The summed E-state index contributed by atoms with van der Waals surface area (Å²) in [4.78, 5) is 21.1. The molecule has 1 saturated heterocycles. The fourth-order valence-electron chi connectivity index (χ4n) is 4.83. The van der Waals surface area contributed by atoms with Crippen LogP contribution < -0.4 is 20.5 Å². The third-order valence-electron chi connectivity index (χ3n) is 6.49. The Morgan fingerprint density at radius 1 is 1.22 bits per heavy atom. The summed E-state index contributed by atoms with van der Waals surface area (Å²) in [6.07, 6.45) is 4.77. The molecule has 0 radical (unpaired) electrons. The minimum atomic E-state index is -0.217. The minimum Gasteiger partial charge on any atom is -0.421 e. The molecule has 0 amide bonds. The Labute approximate surface area is 183 Å². The van der Waals surface area contributed by atoms with E-state index in [1.165, 1.54) is 0 Å². The Kier molecular flexibility index (Phi) is 4.19. The number of aromatic amines is 1. The highest BCUT2D eigenvalue weighted by molar-refractivity contribution is 6.16. The Morgan fingerprint density at radius 3 is 2.81 bits per heavy atom. The number of aryl methyl sites for hydroxylation is 1. The van der Waals surface area contributed by atoms with E-state index in [9.17, 15) is 0 Å². The standard InChI is InChI=1S/C22H23FN8O/c1-10-4-5-27-31-16(10)6-13-14(23)7-15(24-3)19-17(13)18-20(28-19)29-22(30-21(18)31)32-12-8-25-11(2)26-9-12/h7-10,16,24,27H,4-6H2,1-3H3,(H,28,29,30)/t10?,16-/m0/s1. The summed E-state index contributed by atoms with van der Waals surface area (Å²) in [5.74, 6) is 1.94. The number of ether oxygens (including phenoxy) is 1. The molecule has 1 aromatic carbocycles. The molecule has 5 heterocycles. The van der Waals surface area contributed by atoms with Gasteiger partial charge >= 0.3 is 6.01 Å². The van der Waals surface area contributed by atoms with Gasteiger partial charge in [0, 0.05) is 24.5 Å². The second-order valence-corrected chi connectivity index (χ2v) is 8.45. The summed E-state index contributed by atoms with van der Waals surface area (Å²) < 4.78 is 21.2. The monoisotopic (exact) mass is 434 g/mol. The summed E-state index contributed by atoms with van der Waals surface area (Å²) >= 11 is 0. The lowest BCUT2D eigenvalue weighted by molar-refractivity contribution is 0.309. The van der Waals surface area contributed by atoms with Gasteiger partial charge in [-0.3, -0.25) is 5.01 Å². The molecule has 3 N–H and O–H groups in total. The minimum absolute atomic E-state index is 0.0583. The van der Waals surface area contributed by atoms with Crippen LogP contribution in [0.15, 0.2) is 18.5 Å². The summed E-state index contributed by atoms with van der Waals surface area (Å²) in [5, 5.41) is 6.79. The van der Waals surface area contributed by atoms with Crippen molar-refractivity contribution in [3.8, 4) is 11.8 Å². The molecule has 4 aromatic rings. The number of rotatable bonds is 3. The van der Waals surface area contributed by atoms with Gasteiger partial charge in [-0.2, -0.15) is 9.97 Å². The third kappa shape index (κ3) is 2.79. The Hall–Kier alpha value is -3.53. The summed E-state index contributed by atoms with van der Waals surface area (Å²) in [6, 6.07) is 1.79. The molecule has 32 heavy (non-hydrogen) atoms. The maximum atomic E-state index is 15.3. The van der Waals surface area contributed by atoms with E-state index in [2.05, 4.69) is 42.6 Å². The fourth-order valence-corrected chi connectivity index (χ4v) is 4.83. The van der Waals surface area contributed by atoms with Crippen LogP contribution >= 0.6 is 0 Å². The van der Waals surface area contributed by atoms with Gasteiger partial charge in [0.2, 0.25) is 0 Å². The van der Waals surface area contributed by atoms with Crippen LogP contribution in [0.4, 0.5) is 15.9 Å². The molecule has 6 rings (SSSR count). The predicted octanol–water partition coefficient (Wildman–Crippen LogP) is 3.46. The number of H-pyrrole nitrogens is 1. The fraction of sp³-hybridized carbons (Fsp3) is 0.364. The van der Waals surface area contributed by atoms with Crippen LogP contribution in [0.3, 0.4) is 0 Å². The molecule has 0 aliphatic carbocycles. The van der Waals surface area contributed by atoms with Gasteiger partial charge in [0.15, 0.2) is 11.6 Å². The molecule has 0 bridgehead atoms. The zero-order valence-corrected chi connectivity index (χ0v) is 18.0. The highest BCUT2D eigenvalue weighted by Crippen LogP contribution is 2.44. The summed E-state index contributed by atoms with van der Waals surface area (Å²) in [7, 11) is 1.78. The van der Waals surface area contributed by atoms with Crippen molar-refractivity contribution in [3.63, 3.8) is 0 Å². The van der Waals surface area contributed by atoms with Crippen LogP contribution in [0.1, 0.15) is 24.7 Å². The predicted molar refractivity (Wildman–Crippen MR) is 119 cm³/mol. The molecule has 1 fully saturated rings. The number of nitrogens with one attached hydrogen (secondary N) is 3. The van der Waals surface area contributed by atoms with E-state index >= 15 is 4.39 Å². The molecule has 2 atom stereocenters. The van der Waals surface area contributed by atoms with Crippen LogP contribution in [0.2, 0.25) is 0 Å². The second-order valence-electron chi connectivity index (χ2n) is 8.45. The van der Waals surface area contributed by atoms with Crippen molar-refractivity contribution in [2.45, 2.75) is 32.7 Å². The van der Waals surface area contributed by atoms with Crippen molar-refractivity contribution in [2.75, 3.05) is 23.9 Å². The highest BCUT2D eigenvalue weighted by atomic mass is 19.1. The zero-order valence-electron chi connectivity index (χ0n) is 18.0. The number of benzene rings is 1. The van der Waals surface area contributed by atoms with Crippen LogP contribution in [0.25, 0.3) is 21.9 Å². The van der Waals surface area contributed by atoms with E-state index in [1.54, 1.807) is 25.5 Å². The number of hydrazine groups is 1. The summed E-state index contributed by atoms with van der Waals surface area (Å²) in [5.41, 5.74) is 6.26. The van der Waals surface area contributed by atoms with Crippen molar-refractivity contribution >= 4 is 33.4 Å². The van der Waals surface area contributed by atoms with Gasteiger partial charge in [-0.1, -0.05) is 6.92 Å². The van der Waals surface area contributed by atoms with Crippen molar-refractivity contribution in [2.24, 2.45) is 5.92 Å². The SMILES string of the molecule is CNc1cc(F)c2c3c1[nH]c1nc(Oc4cnc(C)nc4)nc(c13)N1NCCC(C)[C@@H]1C2. The van der Waals surface area contributed by atoms with Gasteiger partial charge in [0.05, 0.1) is 35.0 Å². The molecule has 2 aliphatic rings. The number of fused-ring (bicyclic) bond motifs is 2.